The third kappa shape index (κ3) is 4.11. The Hall–Kier alpha value is -4.14. The monoisotopic (exact) mass is 416 g/mol. The summed E-state index contributed by atoms with van der Waals surface area (Å²) in [5.41, 5.74) is 3.47. The summed E-state index contributed by atoms with van der Waals surface area (Å²) in [7, 11) is 0. The van der Waals surface area contributed by atoms with Gasteiger partial charge in [0.15, 0.2) is 5.82 Å². The first-order chi connectivity index (χ1) is 14.8. The highest BCUT2D eigenvalue weighted by Gasteiger charge is 2.22. The van der Waals surface area contributed by atoms with Gasteiger partial charge in [-0.15, -0.1) is 5.10 Å². The van der Waals surface area contributed by atoms with E-state index in [-0.39, 0.29) is 23.7 Å². The molecule has 0 saturated carbocycles. The zero-order chi connectivity index (χ0) is 22.1. The van der Waals surface area contributed by atoms with Crippen LogP contribution in [0.15, 0.2) is 54.6 Å². The number of fused-ring (bicyclic) bond motifs is 1. The number of amides is 1. The van der Waals surface area contributed by atoms with Crippen LogP contribution in [0.2, 0.25) is 0 Å². The average Bonchev–Trinajstić information content (AvgIpc) is 3.15. The third-order valence-electron chi connectivity index (χ3n) is 4.86. The second-order valence-electron chi connectivity index (χ2n) is 7.31. The Morgan fingerprint density at radius 2 is 1.81 bits per heavy atom. The number of hydrogen-bond acceptors (Lipinski definition) is 6. The number of aryl methyl sites for hydroxylation is 3. The van der Waals surface area contributed by atoms with E-state index >= 15 is 0 Å². The smallest absolute Gasteiger partial charge is 0.270 e. The Kier molecular flexibility index (Phi) is 5.16. The molecule has 0 aliphatic carbocycles. The number of hydrogen-bond donors (Lipinski definition) is 0. The van der Waals surface area contributed by atoms with Crippen molar-refractivity contribution >= 4 is 23.1 Å². The number of rotatable bonds is 5. The Morgan fingerprint density at radius 3 is 2.52 bits per heavy atom. The van der Waals surface area contributed by atoms with Crippen molar-refractivity contribution in [1.82, 2.24) is 19.6 Å². The Bertz CT molecular complexity index is 1300. The van der Waals surface area contributed by atoms with Crippen molar-refractivity contribution in [1.29, 1.82) is 0 Å². The fraction of sp³-hybridized carbons (Fsp3) is 0.182. The molecule has 31 heavy (non-hydrogen) atoms. The molecule has 2 aromatic carbocycles. The zero-order valence-corrected chi connectivity index (χ0v) is 17.3. The highest BCUT2D eigenvalue weighted by Crippen LogP contribution is 2.22. The normalized spacial score (nSPS) is 10.9. The molecule has 0 N–H and O–H groups in total. The molecule has 2 heterocycles. The maximum absolute atomic E-state index is 13.4. The second-order valence-corrected chi connectivity index (χ2v) is 7.31. The summed E-state index contributed by atoms with van der Waals surface area (Å²) in [6.45, 7) is 5.83. The summed E-state index contributed by atoms with van der Waals surface area (Å²) in [6.07, 6.45) is 0. The topological polar surface area (TPSA) is 107 Å². The van der Waals surface area contributed by atoms with Gasteiger partial charge in [0.1, 0.15) is 0 Å². The first-order valence-electron chi connectivity index (χ1n) is 9.65. The molecule has 9 nitrogen and oxygen atoms in total. The SMILES string of the molecule is Cc1ccc(N(Cc2nc3nc(C)cc(C)n3n2)C(=O)c2cccc([N+](=O)[O-])c2)cc1. The summed E-state index contributed by atoms with van der Waals surface area (Å²) in [4.78, 5) is 34.4. The second kappa shape index (κ2) is 7.94. The Labute approximate surface area is 178 Å². The Balaban J connectivity index is 1.75. The quantitative estimate of drug-likeness (QED) is 0.362. The van der Waals surface area contributed by atoms with Crippen LogP contribution < -0.4 is 4.90 Å². The van der Waals surface area contributed by atoms with Crippen LogP contribution in [0.25, 0.3) is 5.78 Å². The lowest BCUT2D eigenvalue weighted by Gasteiger charge is -2.21. The number of benzene rings is 2. The van der Waals surface area contributed by atoms with Gasteiger partial charge in [0.05, 0.1) is 11.5 Å². The van der Waals surface area contributed by atoms with E-state index in [4.69, 9.17) is 0 Å². The van der Waals surface area contributed by atoms with Crippen LogP contribution in [0.4, 0.5) is 11.4 Å². The van der Waals surface area contributed by atoms with Crippen molar-refractivity contribution < 1.29 is 9.72 Å². The fourth-order valence-corrected chi connectivity index (χ4v) is 3.33. The molecule has 0 atom stereocenters. The van der Waals surface area contributed by atoms with Crippen molar-refractivity contribution in [2.24, 2.45) is 0 Å². The number of nitro groups is 1. The van der Waals surface area contributed by atoms with Gasteiger partial charge in [-0.2, -0.15) is 4.98 Å². The van der Waals surface area contributed by atoms with E-state index < -0.39 is 4.92 Å². The van der Waals surface area contributed by atoms with Crippen LogP contribution in [-0.4, -0.2) is 30.4 Å². The van der Waals surface area contributed by atoms with Crippen LogP contribution in [0.5, 0.6) is 0 Å². The lowest BCUT2D eigenvalue weighted by Crippen LogP contribution is -2.31. The number of carbonyl (C=O) groups excluding carboxylic acids is 1. The summed E-state index contributed by atoms with van der Waals surface area (Å²) in [5, 5.41) is 15.7. The van der Waals surface area contributed by atoms with Crippen molar-refractivity contribution in [3.05, 3.63) is 93.1 Å². The third-order valence-corrected chi connectivity index (χ3v) is 4.86. The number of carbonyl (C=O) groups is 1. The summed E-state index contributed by atoms with van der Waals surface area (Å²) < 4.78 is 1.63. The van der Waals surface area contributed by atoms with Crippen molar-refractivity contribution in [2.75, 3.05) is 4.90 Å². The van der Waals surface area contributed by atoms with E-state index in [1.807, 2.05) is 51.1 Å². The molecule has 0 saturated heterocycles. The van der Waals surface area contributed by atoms with Crippen molar-refractivity contribution in [3.63, 3.8) is 0 Å². The van der Waals surface area contributed by atoms with Crippen LogP contribution in [0.3, 0.4) is 0 Å². The molecule has 9 heteroatoms. The van der Waals surface area contributed by atoms with Crippen molar-refractivity contribution in [3.8, 4) is 0 Å². The predicted molar refractivity (Wildman–Crippen MR) is 115 cm³/mol. The van der Waals surface area contributed by atoms with Gasteiger partial charge in [-0.05, 0) is 45.0 Å². The van der Waals surface area contributed by atoms with E-state index in [0.29, 0.717) is 17.3 Å². The zero-order valence-electron chi connectivity index (χ0n) is 17.3. The van der Waals surface area contributed by atoms with E-state index in [2.05, 4.69) is 15.1 Å². The van der Waals surface area contributed by atoms with Crippen LogP contribution in [0, 0.1) is 30.9 Å². The molecule has 156 valence electrons. The lowest BCUT2D eigenvalue weighted by atomic mass is 10.1. The van der Waals surface area contributed by atoms with Gasteiger partial charge in [-0.25, -0.2) is 9.50 Å². The molecule has 4 aromatic rings. The van der Waals surface area contributed by atoms with Gasteiger partial charge in [0, 0.05) is 34.8 Å². The maximum Gasteiger partial charge on any atom is 0.270 e. The molecule has 0 radical (unpaired) electrons. The van der Waals surface area contributed by atoms with Gasteiger partial charge in [0.2, 0.25) is 0 Å². The fourth-order valence-electron chi connectivity index (χ4n) is 3.33. The van der Waals surface area contributed by atoms with E-state index in [1.165, 1.54) is 23.1 Å². The van der Waals surface area contributed by atoms with Gasteiger partial charge in [-0.1, -0.05) is 23.8 Å². The van der Waals surface area contributed by atoms with Crippen LogP contribution >= 0.6 is 0 Å². The molecule has 2 aromatic heterocycles. The Morgan fingerprint density at radius 1 is 1.06 bits per heavy atom. The predicted octanol–water partition coefficient (Wildman–Crippen LogP) is 3.80. The number of nitrogens with zero attached hydrogens (tertiary/aromatic N) is 6. The number of anilines is 1. The summed E-state index contributed by atoms with van der Waals surface area (Å²) >= 11 is 0. The first kappa shape index (κ1) is 20.1. The minimum Gasteiger partial charge on any atom is -0.301 e. The molecular weight excluding hydrogens is 396 g/mol. The van der Waals surface area contributed by atoms with E-state index in [0.717, 1.165) is 17.0 Å². The molecule has 0 aliphatic heterocycles. The first-order valence-corrected chi connectivity index (χ1v) is 9.65. The van der Waals surface area contributed by atoms with E-state index in [1.54, 1.807) is 10.6 Å². The minimum atomic E-state index is -0.520. The van der Waals surface area contributed by atoms with Crippen LogP contribution in [0.1, 0.15) is 33.1 Å². The molecule has 0 spiro atoms. The maximum atomic E-state index is 13.4. The van der Waals surface area contributed by atoms with Gasteiger partial charge in [0.25, 0.3) is 17.4 Å². The molecule has 0 fully saturated rings. The van der Waals surface area contributed by atoms with Crippen molar-refractivity contribution in [2.45, 2.75) is 27.3 Å². The standard InChI is InChI=1S/C22H20N6O3/c1-14-7-9-18(10-8-14)26(21(29)17-5-4-6-19(12-17)28(30)31)13-20-24-22-23-15(2)11-16(3)27(22)25-20/h4-12H,13H2,1-3H3. The van der Waals surface area contributed by atoms with Gasteiger partial charge < -0.3 is 4.90 Å². The molecular formula is C22H20N6O3. The van der Waals surface area contributed by atoms with E-state index in [9.17, 15) is 14.9 Å². The molecule has 0 bridgehead atoms. The summed E-state index contributed by atoms with van der Waals surface area (Å²) in [6, 6.07) is 15.0. The highest BCUT2D eigenvalue weighted by molar-refractivity contribution is 6.06. The molecule has 0 aliphatic rings. The van der Waals surface area contributed by atoms with Gasteiger partial charge in [-0.3, -0.25) is 14.9 Å². The van der Waals surface area contributed by atoms with Crippen LogP contribution in [-0.2, 0) is 6.54 Å². The minimum absolute atomic E-state index is 0.0897. The average molecular weight is 416 g/mol. The largest absolute Gasteiger partial charge is 0.301 e. The lowest BCUT2D eigenvalue weighted by molar-refractivity contribution is -0.384. The summed E-state index contributed by atoms with van der Waals surface area (Å²) in [5.74, 6) is 0.493. The number of non-ortho nitro benzene ring substituents is 1. The number of aromatic nitrogens is 4. The van der Waals surface area contributed by atoms with Gasteiger partial charge >= 0.3 is 0 Å². The molecule has 0 unspecified atom stereocenters. The number of nitro benzene ring substituents is 1. The molecule has 1 amide bonds. The molecule has 4 rings (SSSR count). The highest BCUT2D eigenvalue weighted by atomic mass is 16.6.